The normalized spacial score (nSPS) is 26.1. The average molecular weight is 409 g/mol. The zero-order valence-corrected chi connectivity index (χ0v) is 18.9. The van der Waals surface area contributed by atoms with E-state index >= 15 is 0 Å². The Morgan fingerprint density at radius 3 is 2.52 bits per heavy atom. The molecule has 3 fully saturated rings. The van der Waals surface area contributed by atoms with Gasteiger partial charge in [0.05, 0.1) is 18.8 Å². The molecule has 0 aromatic heterocycles. The number of piperidine rings is 2. The van der Waals surface area contributed by atoms with E-state index in [9.17, 15) is 0 Å². The lowest BCUT2D eigenvalue weighted by Crippen LogP contribution is -2.47. The number of aliphatic imine (C=N–C) groups is 1. The molecular formula is C23H44N4O2. The zero-order chi connectivity index (χ0) is 20.3. The van der Waals surface area contributed by atoms with E-state index in [0.29, 0.717) is 12.2 Å². The Kier molecular flexibility index (Phi) is 10.0. The third-order valence-corrected chi connectivity index (χ3v) is 6.81. The van der Waals surface area contributed by atoms with Crippen LogP contribution in [0.4, 0.5) is 0 Å². The van der Waals surface area contributed by atoms with Gasteiger partial charge in [0.1, 0.15) is 0 Å². The molecule has 3 heterocycles. The van der Waals surface area contributed by atoms with Gasteiger partial charge in [-0.25, -0.2) is 0 Å². The third-order valence-electron chi connectivity index (χ3n) is 6.81. The fourth-order valence-corrected chi connectivity index (χ4v) is 4.70. The van der Waals surface area contributed by atoms with Gasteiger partial charge in [-0.05, 0) is 83.3 Å². The molecule has 1 atom stereocenters. The van der Waals surface area contributed by atoms with Gasteiger partial charge in [0.2, 0.25) is 0 Å². The van der Waals surface area contributed by atoms with Crippen molar-refractivity contribution in [3.05, 3.63) is 0 Å². The SMILES string of the molecule is CN=C(NCCCCN1CCC(C)CC1)N1CCC(OCC2CCCCO2)CC1. The van der Waals surface area contributed by atoms with Crippen LogP contribution in [0.5, 0.6) is 0 Å². The number of unbranched alkanes of at least 4 members (excludes halogenated alkanes) is 1. The van der Waals surface area contributed by atoms with Crippen molar-refractivity contribution in [1.82, 2.24) is 15.1 Å². The first-order valence-electron chi connectivity index (χ1n) is 12.2. The smallest absolute Gasteiger partial charge is 0.193 e. The average Bonchev–Trinajstić information content (AvgIpc) is 2.77. The van der Waals surface area contributed by atoms with Crippen LogP contribution in [0.2, 0.25) is 0 Å². The fourth-order valence-electron chi connectivity index (χ4n) is 4.70. The molecule has 29 heavy (non-hydrogen) atoms. The molecule has 0 aromatic carbocycles. The highest BCUT2D eigenvalue weighted by Gasteiger charge is 2.23. The maximum absolute atomic E-state index is 6.14. The molecule has 3 aliphatic rings. The van der Waals surface area contributed by atoms with Gasteiger partial charge in [0.25, 0.3) is 0 Å². The number of nitrogens with one attached hydrogen (secondary N) is 1. The van der Waals surface area contributed by atoms with Crippen molar-refractivity contribution in [2.24, 2.45) is 10.9 Å². The Balaban J connectivity index is 1.24. The standard InChI is InChI=1S/C23H44N4O2/c1-20-8-14-26(15-9-20)13-5-4-12-25-23(24-2)27-16-10-21(11-17-27)29-19-22-7-3-6-18-28-22/h20-22H,3-19H2,1-2H3,(H,24,25). The maximum atomic E-state index is 6.14. The largest absolute Gasteiger partial charge is 0.376 e. The molecule has 1 unspecified atom stereocenters. The summed E-state index contributed by atoms with van der Waals surface area (Å²) in [6, 6.07) is 0. The number of hydrogen-bond acceptors (Lipinski definition) is 4. The second kappa shape index (κ2) is 12.8. The minimum Gasteiger partial charge on any atom is -0.376 e. The van der Waals surface area contributed by atoms with Crippen molar-refractivity contribution in [3.8, 4) is 0 Å². The summed E-state index contributed by atoms with van der Waals surface area (Å²) in [6.45, 7) is 11.0. The van der Waals surface area contributed by atoms with Crippen molar-refractivity contribution in [2.75, 3.05) is 59.5 Å². The topological polar surface area (TPSA) is 49.3 Å². The summed E-state index contributed by atoms with van der Waals surface area (Å²) >= 11 is 0. The summed E-state index contributed by atoms with van der Waals surface area (Å²) < 4.78 is 11.9. The molecule has 0 amide bonds. The molecule has 0 saturated carbocycles. The van der Waals surface area contributed by atoms with E-state index in [1.54, 1.807) is 0 Å². The molecule has 0 aromatic rings. The first kappa shape index (κ1) is 22.8. The van der Waals surface area contributed by atoms with Crippen LogP contribution in [0.25, 0.3) is 0 Å². The lowest BCUT2D eigenvalue weighted by molar-refractivity contribution is -0.0721. The van der Waals surface area contributed by atoms with Crippen LogP contribution in [0.1, 0.15) is 64.7 Å². The van der Waals surface area contributed by atoms with E-state index < -0.39 is 0 Å². The first-order chi connectivity index (χ1) is 14.2. The van der Waals surface area contributed by atoms with Crippen molar-refractivity contribution >= 4 is 5.96 Å². The predicted octanol–water partition coefficient (Wildman–Crippen LogP) is 3.12. The number of hydrogen-bond donors (Lipinski definition) is 1. The van der Waals surface area contributed by atoms with Gasteiger partial charge < -0.3 is 24.6 Å². The highest BCUT2D eigenvalue weighted by molar-refractivity contribution is 5.79. The monoisotopic (exact) mass is 408 g/mol. The molecule has 0 spiro atoms. The van der Waals surface area contributed by atoms with E-state index in [0.717, 1.165) is 64.0 Å². The molecule has 6 heteroatoms. The van der Waals surface area contributed by atoms with Gasteiger partial charge in [-0.2, -0.15) is 0 Å². The first-order valence-corrected chi connectivity index (χ1v) is 12.2. The molecule has 3 saturated heterocycles. The molecule has 0 bridgehead atoms. The maximum Gasteiger partial charge on any atom is 0.193 e. The molecule has 3 aliphatic heterocycles. The Morgan fingerprint density at radius 2 is 1.83 bits per heavy atom. The summed E-state index contributed by atoms with van der Waals surface area (Å²) in [5.74, 6) is 1.98. The van der Waals surface area contributed by atoms with Gasteiger partial charge in [0.15, 0.2) is 5.96 Å². The summed E-state index contributed by atoms with van der Waals surface area (Å²) in [7, 11) is 1.90. The number of guanidine groups is 1. The molecule has 1 N–H and O–H groups in total. The van der Waals surface area contributed by atoms with E-state index in [2.05, 4.69) is 27.0 Å². The molecule has 168 valence electrons. The quantitative estimate of drug-likeness (QED) is 0.380. The van der Waals surface area contributed by atoms with E-state index in [4.69, 9.17) is 9.47 Å². The van der Waals surface area contributed by atoms with Crippen LogP contribution in [-0.2, 0) is 9.47 Å². The van der Waals surface area contributed by atoms with Crippen LogP contribution in [0, 0.1) is 5.92 Å². The number of likely N-dealkylation sites (tertiary alicyclic amines) is 2. The number of rotatable bonds is 8. The Morgan fingerprint density at radius 1 is 1.03 bits per heavy atom. The van der Waals surface area contributed by atoms with Crippen LogP contribution < -0.4 is 5.32 Å². The van der Waals surface area contributed by atoms with E-state index in [1.165, 1.54) is 58.2 Å². The highest BCUT2D eigenvalue weighted by Crippen LogP contribution is 2.18. The van der Waals surface area contributed by atoms with Gasteiger partial charge in [-0.3, -0.25) is 4.99 Å². The second-order valence-electron chi connectivity index (χ2n) is 9.21. The van der Waals surface area contributed by atoms with Crippen molar-refractivity contribution in [3.63, 3.8) is 0 Å². The molecule has 3 rings (SSSR count). The Hall–Kier alpha value is -0.850. The highest BCUT2D eigenvalue weighted by atomic mass is 16.5. The van der Waals surface area contributed by atoms with E-state index in [1.807, 2.05) is 7.05 Å². The van der Waals surface area contributed by atoms with Crippen molar-refractivity contribution in [1.29, 1.82) is 0 Å². The van der Waals surface area contributed by atoms with Gasteiger partial charge in [0, 0.05) is 33.3 Å². The van der Waals surface area contributed by atoms with Crippen molar-refractivity contribution < 1.29 is 9.47 Å². The second-order valence-corrected chi connectivity index (χ2v) is 9.21. The summed E-state index contributed by atoms with van der Waals surface area (Å²) in [6.07, 6.45) is 11.8. The van der Waals surface area contributed by atoms with Crippen LogP contribution >= 0.6 is 0 Å². The van der Waals surface area contributed by atoms with Crippen LogP contribution in [-0.4, -0.2) is 87.5 Å². The van der Waals surface area contributed by atoms with Crippen LogP contribution in [0.3, 0.4) is 0 Å². The van der Waals surface area contributed by atoms with E-state index in [-0.39, 0.29) is 0 Å². The van der Waals surface area contributed by atoms with Gasteiger partial charge in [-0.1, -0.05) is 6.92 Å². The number of nitrogens with zero attached hydrogens (tertiary/aromatic N) is 3. The molecular weight excluding hydrogens is 364 g/mol. The minimum atomic E-state index is 0.324. The molecule has 0 radical (unpaired) electrons. The number of ether oxygens (including phenoxy) is 2. The fraction of sp³-hybridized carbons (Fsp3) is 0.957. The van der Waals surface area contributed by atoms with Gasteiger partial charge in [-0.15, -0.1) is 0 Å². The van der Waals surface area contributed by atoms with Crippen LogP contribution in [0.15, 0.2) is 4.99 Å². The minimum absolute atomic E-state index is 0.324. The Bertz CT molecular complexity index is 465. The van der Waals surface area contributed by atoms with Crippen molar-refractivity contribution in [2.45, 2.75) is 76.9 Å². The molecule has 0 aliphatic carbocycles. The van der Waals surface area contributed by atoms with Gasteiger partial charge >= 0.3 is 0 Å². The summed E-state index contributed by atoms with van der Waals surface area (Å²) in [5, 5.41) is 3.58. The third kappa shape index (κ3) is 8.06. The lowest BCUT2D eigenvalue weighted by Gasteiger charge is -2.35. The lowest BCUT2D eigenvalue weighted by atomic mass is 9.99. The Labute approximate surface area is 178 Å². The summed E-state index contributed by atoms with van der Waals surface area (Å²) in [5.41, 5.74) is 0. The summed E-state index contributed by atoms with van der Waals surface area (Å²) in [4.78, 5) is 9.54. The molecule has 6 nitrogen and oxygen atoms in total. The zero-order valence-electron chi connectivity index (χ0n) is 18.9. The predicted molar refractivity (Wildman–Crippen MR) is 120 cm³/mol.